The van der Waals surface area contributed by atoms with Crippen LogP contribution in [0, 0.1) is 11.3 Å². The van der Waals surface area contributed by atoms with Gasteiger partial charge in [-0.25, -0.2) is 4.98 Å². The smallest absolute Gasteiger partial charge is 0.107 e. The van der Waals surface area contributed by atoms with Gasteiger partial charge in [0.15, 0.2) is 0 Å². The molecule has 1 spiro atoms. The van der Waals surface area contributed by atoms with Gasteiger partial charge in [-0.1, -0.05) is 6.07 Å². The average molecular weight is 359 g/mol. The molecule has 134 valence electrons. The van der Waals surface area contributed by atoms with Crippen molar-refractivity contribution in [3.63, 3.8) is 0 Å². The molecule has 0 saturated carbocycles. The molecular weight excluding hydrogens is 332 g/mol. The van der Waals surface area contributed by atoms with E-state index in [9.17, 15) is 0 Å². The summed E-state index contributed by atoms with van der Waals surface area (Å²) in [5.41, 5.74) is 1.38. The molecule has 0 N–H and O–H groups in total. The van der Waals surface area contributed by atoms with Crippen LogP contribution in [-0.2, 0) is 17.9 Å². The van der Waals surface area contributed by atoms with E-state index in [4.69, 9.17) is 4.74 Å². The van der Waals surface area contributed by atoms with Crippen molar-refractivity contribution in [2.45, 2.75) is 19.6 Å². The van der Waals surface area contributed by atoms with Gasteiger partial charge in [0.05, 0.1) is 25.5 Å². The number of hydrogen-bond acceptors (Lipinski definition) is 6. The third-order valence-electron chi connectivity index (χ3n) is 5.58. The third kappa shape index (κ3) is 3.92. The zero-order valence-corrected chi connectivity index (χ0v) is 15.6. The van der Waals surface area contributed by atoms with Crippen LogP contribution in [0.1, 0.15) is 17.1 Å². The van der Waals surface area contributed by atoms with Gasteiger partial charge in [0.1, 0.15) is 5.01 Å². The number of ether oxygens (including phenoxy) is 1. The maximum atomic E-state index is 6.06. The number of nitrogens with zero attached hydrogens (tertiary/aromatic N) is 4. The SMILES string of the molecule is CN1C[C@@H](COCc2ccccn2)[C@@]2(CCN(Cc3nccs3)C2)C1. The van der Waals surface area contributed by atoms with Crippen LogP contribution in [0.4, 0.5) is 0 Å². The number of thiazole rings is 1. The van der Waals surface area contributed by atoms with E-state index in [1.54, 1.807) is 11.3 Å². The summed E-state index contributed by atoms with van der Waals surface area (Å²) in [4.78, 5) is 13.8. The Labute approximate surface area is 153 Å². The van der Waals surface area contributed by atoms with Gasteiger partial charge in [-0.05, 0) is 32.1 Å². The molecule has 0 bridgehead atoms. The lowest BCUT2D eigenvalue weighted by Gasteiger charge is -2.30. The van der Waals surface area contributed by atoms with Crippen LogP contribution in [-0.4, -0.2) is 59.6 Å². The topological polar surface area (TPSA) is 41.5 Å². The van der Waals surface area contributed by atoms with Gasteiger partial charge in [-0.2, -0.15) is 0 Å². The summed E-state index contributed by atoms with van der Waals surface area (Å²) in [6.45, 7) is 7.07. The van der Waals surface area contributed by atoms with E-state index in [1.165, 1.54) is 24.5 Å². The molecule has 4 rings (SSSR count). The first-order chi connectivity index (χ1) is 12.2. The molecule has 4 heterocycles. The van der Waals surface area contributed by atoms with Crippen molar-refractivity contribution in [2.24, 2.45) is 11.3 Å². The Kier molecular flexibility index (Phi) is 5.12. The highest BCUT2D eigenvalue weighted by molar-refractivity contribution is 7.09. The van der Waals surface area contributed by atoms with Crippen molar-refractivity contribution in [1.29, 1.82) is 0 Å². The monoisotopic (exact) mass is 358 g/mol. The molecule has 2 aliphatic rings. The summed E-state index contributed by atoms with van der Waals surface area (Å²) in [5.74, 6) is 0.600. The first kappa shape index (κ1) is 17.1. The minimum atomic E-state index is 0.371. The summed E-state index contributed by atoms with van der Waals surface area (Å²) in [7, 11) is 2.24. The molecule has 2 saturated heterocycles. The average Bonchev–Trinajstić information content (AvgIpc) is 3.32. The lowest BCUT2D eigenvalue weighted by molar-refractivity contribution is 0.0501. The van der Waals surface area contributed by atoms with Gasteiger partial charge in [0, 0.05) is 48.7 Å². The highest BCUT2D eigenvalue weighted by atomic mass is 32.1. The summed E-state index contributed by atoms with van der Waals surface area (Å²) in [5, 5.41) is 3.30. The van der Waals surface area contributed by atoms with Crippen LogP contribution in [0.25, 0.3) is 0 Å². The molecule has 2 aliphatic heterocycles. The van der Waals surface area contributed by atoms with Crippen LogP contribution in [0.3, 0.4) is 0 Å². The molecule has 2 aromatic rings. The fourth-order valence-electron chi connectivity index (χ4n) is 4.42. The minimum absolute atomic E-state index is 0.371. The van der Waals surface area contributed by atoms with Crippen molar-refractivity contribution < 1.29 is 4.74 Å². The molecule has 6 heteroatoms. The van der Waals surface area contributed by atoms with E-state index in [-0.39, 0.29) is 0 Å². The Hall–Kier alpha value is -1.34. The zero-order valence-electron chi connectivity index (χ0n) is 14.8. The summed E-state index contributed by atoms with van der Waals surface area (Å²) in [6.07, 6.45) is 5.00. The van der Waals surface area contributed by atoms with Gasteiger partial charge in [-0.15, -0.1) is 11.3 Å². The minimum Gasteiger partial charge on any atom is -0.375 e. The Morgan fingerprint density at radius 1 is 1.28 bits per heavy atom. The van der Waals surface area contributed by atoms with E-state index in [2.05, 4.69) is 32.2 Å². The maximum Gasteiger partial charge on any atom is 0.107 e. The predicted molar refractivity (Wildman–Crippen MR) is 99.3 cm³/mol. The van der Waals surface area contributed by atoms with E-state index < -0.39 is 0 Å². The van der Waals surface area contributed by atoms with Crippen LogP contribution in [0.15, 0.2) is 36.0 Å². The van der Waals surface area contributed by atoms with Crippen LogP contribution in [0.2, 0.25) is 0 Å². The second kappa shape index (κ2) is 7.50. The van der Waals surface area contributed by atoms with Gasteiger partial charge in [0.25, 0.3) is 0 Å². The maximum absolute atomic E-state index is 6.06. The van der Waals surface area contributed by atoms with E-state index >= 15 is 0 Å². The van der Waals surface area contributed by atoms with Crippen LogP contribution >= 0.6 is 11.3 Å². The Bertz CT molecular complexity index is 665. The van der Waals surface area contributed by atoms with Gasteiger partial charge in [0.2, 0.25) is 0 Å². The largest absolute Gasteiger partial charge is 0.375 e. The molecule has 0 aromatic carbocycles. The fourth-order valence-corrected chi connectivity index (χ4v) is 5.08. The lowest BCUT2D eigenvalue weighted by atomic mass is 9.77. The van der Waals surface area contributed by atoms with Crippen molar-refractivity contribution in [2.75, 3.05) is 39.8 Å². The highest BCUT2D eigenvalue weighted by Crippen LogP contribution is 2.44. The van der Waals surface area contributed by atoms with E-state index in [0.29, 0.717) is 17.9 Å². The second-order valence-electron chi connectivity index (χ2n) is 7.48. The summed E-state index contributed by atoms with van der Waals surface area (Å²) in [6, 6.07) is 5.99. The Balaban J connectivity index is 1.34. The lowest BCUT2D eigenvalue weighted by Crippen LogP contribution is -2.36. The zero-order chi connectivity index (χ0) is 17.1. The van der Waals surface area contributed by atoms with Crippen LogP contribution in [0.5, 0.6) is 0 Å². The molecule has 2 aromatic heterocycles. The van der Waals surface area contributed by atoms with E-state index in [1.807, 2.05) is 30.6 Å². The van der Waals surface area contributed by atoms with E-state index in [0.717, 1.165) is 31.9 Å². The molecule has 5 nitrogen and oxygen atoms in total. The molecule has 0 aliphatic carbocycles. The van der Waals surface area contributed by atoms with Crippen molar-refractivity contribution >= 4 is 11.3 Å². The molecule has 0 unspecified atom stereocenters. The van der Waals surface area contributed by atoms with Gasteiger partial charge < -0.3 is 9.64 Å². The number of rotatable bonds is 6. The second-order valence-corrected chi connectivity index (χ2v) is 8.46. The first-order valence-electron chi connectivity index (χ1n) is 9.00. The van der Waals surface area contributed by atoms with Crippen molar-refractivity contribution in [1.82, 2.24) is 19.8 Å². The first-order valence-corrected chi connectivity index (χ1v) is 9.88. The fraction of sp³-hybridized carbons (Fsp3) is 0.579. The van der Waals surface area contributed by atoms with Crippen LogP contribution < -0.4 is 0 Å². The highest BCUT2D eigenvalue weighted by Gasteiger charge is 2.49. The van der Waals surface area contributed by atoms with Gasteiger partial charge in [-0.3, -0.25) is 9.88 Å². The predicted octanol–water partition coefficient (Wildman–Crippen LogP) is 2.51. The molecule has 0 amide bonds. The van der Waals surface area contributed by atoms with Crippen molar-refractivity contribution in [3.8, 4) is 0 Å². The van der Waals surface area contributed by atoms with Crippen molar-refractivity contribution in [3.05, 3.63) is 46.7 Å². The Morgan fingerprint density at radius 3 is 3.04 bits per heavy atom. The molecule has 2 atom stereocenters. The molecule has 25 heavy (non-hydrogen) atoms. The Morgan fingerprint density at radius 2 is 2.24 bits per heavy atom. The number of aromatic nitrogens is 2. The van der Waals surface area contributed by atoms with Gasteiger partial charge >= 0.3 is 0 Å². The molecule has 2 fully saturated rings. The number of hydrogen-bond donors (Lipinski definition) is 0. The third-order valence-corrected chi connectivity index (χ3v) is 6.35. The summed E-state index contributed by atoms with van der Waals surface area (Å²) < 4.78 is 6.06. The molecular formula is C19H26N4OS. The normalized spacial score (nSPS) is 27.5. The molecule has 0 radical (unpaired) electrons. The standard InChI is InChI=1S/C19H26N4OS/c1-22-10-16(12-24-13-17-4-2-3-6-20-17)19(14-22)5-8-23(15-19)11-18-21-7-9-25-18/h2-4,6-7,9,16H,5,8,10-15H2,1H3/t16-,19-/m0/s1. The quantitative estimate of drug-likeness (QED) is 0.794. The summed E-state index contributed by atoms with van der Waals surface area (Å²) >= 11 is 1.76. The number of pyridine rings is 1. The number of likely N-dealkylation sites (tertiary alicyclic amines) is 2.